The molecule has 1 aliphatic carbocycles. The highest BCUT2D eigenvalue weighted by molar-refractivity contribution is 5.33. The summed E-state index contributed by atoms with van der Waals surface area (Å²) in [7, 11) is 0. The molecule has 2 heteroatoms. The minimum atomic E-state index is 0.226. The molecule has 0 aliphatic heterocycles. The van der Waals surface area contributed by atoms with E-state index in [0.717, 1.165) is 31.1 Å². The summed E-state index contributed by atoms with van der Waals surface area (Å²) >= 11 is 0. The van der Waals surface area contributed by atoms with Gasteiger partial charge in [-0.05, 0) is 45.1 Å². The molecule has 2 unspecified atom stereocenters. The molecule has 0 heterocycles. The molecule has 1 aromatic rings. The highest BCUT2D eigenvalue weighted by Gasteiger charge is 2.16. The Morgan fingerprint density at radius 3 is 2.71 bits per heavy atom. The van der Waals surface area contributed by atoms with Gasteiger partial charge in [-0.1, -0.05) is 56.4 Å². The molecule has 1 N–H and O–H groups in total. The topological polar surface area (TPSA) is 21.3 Å². The number of para-hydroxylation sites is 1. The third-order valence-corrected chi connectivity index (χ3v) is 5.13. The van der Waals surface area contributed by atoms with Crippen molar-refractivity contribution in [2.75, 3.05) is 0 Å². The first-order valence-corrected chi connectivity index (χ1v) is 9.78. The highest BCUT2D eigenvalue weighted by atomic mass is 16.5. The molecule has 2 atom stereocenters. The number of benzene rings is 1. The zero-order valence-corrected chi connectivity index (χ0v) is 15.6. The number of rotatable bonds is 10. The standard InChI is InChI=1S/C22H35NO/c1-4-5-11-19(3)24-22-15-10-9-14-21(22)17-23-18(2)16-20-12-7-6-8-13-20/h4,9-10,14-15,18-20,23H,1,5-8,11-13,16-17H2,2-3H3. The first-order chi connectivity index (χ1) is 11.7. The molecular weight excluding hydrogens is 294 g/mol. The average molecular weight is 330 g/mol. The fraction of sp³-hybridized carbons (Fsp3) is 0.636. The van der Waals surface area contributed by atoms with Gasteiger partial charge in [0.1, 0.15) is 5.75 Å². The van der Waals surface area contributed by atoms with Crippen LogP contribution in [-0.4, -0.2) is 12.1 Å². The van der Waals surface area contributed by atoms with E-state index in [9.17, 15) is 0 Å². The predicted molar refractivity (Wildman–Crippen MR) is 103 cm³/mol. The van der Waals surface area contributed by atoms with E-state index in [0.29, 0.717) is 6.04 Å². The Morgan fingerprint density at radius 1 is 1.21 bits per heavy atom. The third-order valence-electron chi connectivity index (χ3n) is 5.13. The summed E-state index contributed by atoms with van der Waals surface area (Å²) in [4.78, 5) is 0. The van der Waals surface area contributed by atoms with Crippen LogP contribution in [-0.2, 0) is 6.54 Å². The second kappa shape index (κ2) is 10.6. The molecule has 24 heavy (non-hydrogen) atoms. The van der Waals surface area contributed by atoms with Crippen LogP contribution in [0.25, 0.3) is 0 Å². The molecule has 0 aromatic heterocycles. The average Bonchev–Trinajstić information content (AvgIpc) is 2.60. The molecule has 0 bridgehead atoms. The zero-order valence-electron chi connectivity index (χ0n) is 15.6. The third kappa shape index (κ3) is 6.68. The monoisotopic (exact) mass is 329 g/mol. The summed E-state index contributed by atoms with van der Waals surface area (Å²) in [5.74, 6) is 1.94. The molecule has 1 fully saturated rings. The molecule has 0 saturated heterocycles. The van der Waals surface area contributed by atoms with Crippen LogP contribution in [0, 0.1) is 5.92 Å². The number of hydrogen-bond acceptors (Lipinski definition) is 2. The maximum atomic E-state index is 6.14. The molecule has 0 amide bonds. The van der Waals surface area contributed by atoms with Crippen LogP contribution in [0.3, 0.4) is 0 Å². The maximum Gasteiger partial charge on any atom is 0.124 e. The Bertz CT molecular complexity index is 479. The van der Waals surface area contributed by atoms with Gasteiger partial charge in [-0.15, -0.1) is 6.58 Å². The number of nitrogens with one attached hydrogen (secondary N) is 1. The van der Waals surface area contributed by atoms with Crippen molar-refractivity contribution in [2.24, 2.45) is 5.92 Å². The maximum absolute atomic E-state index is 6.14. The van der Waals surface area contributed by atoms with Gasteiger partial charge in [0, 0.05) is 18.2 Å². The smallest absolute Gasteiger partial charge is 0.124 e. The Kier molecular flexibility index (Phi) is 8.38. The van der Waals surface area contributed by atoms with Gasteiger partial charge in [0.15, 0.2) is 0 Å². The van der Waals surface area contributed by atoms with Crippen molar-refractivity contribution < 1.29 is 4.74 Å². The van der Waals surface area contributed by atoms with E-state index in [1.807, 2.05) is 6.08 Å². The van der Waals surface area contributed by atoms with Crippen LogP contribution in [0.2, 0.25) is 0 Å². The number of hydrogen-bond donors (Lipinski definition) is 1. The Hall–Kier alpha value is -1.28. The lowest BCUT2D eigenvalue weighted by molar-refractivity contribution is 0.209. The van der Waals surface area contributed by atoms with E-state index < -0.39 is 0 Å². The van der Waals surface area contributed by atoms with Crippen molar-refractivity contribution in [3.63, 3.8) is 0 Å². The van der Waals surface area contributed by atoms with Gasteiger partial charge < -0.3 is 10.1 Å². The minimum absolute atomic E-state index is 0.226. The van der Waals surface area contributed by atoms with Crippen LogP contribution in [0.4, 0.5) is 0 Å². The summed E-state index contributed by atoms with van der Waals surface area (Å²) in [5.41, 5.74) is 1.26. The lowest BCUT2D eigenvalue weighted by Gasteiger charge is -2.25. The van der Waals surface area contributed by atoms with Gasteiger partial charge in [0.05, 0.1) is 6.10 Å². The van der Waals surface area contributed by atoms with E-state index in [-0.39, 0.29) is 6.10 Å². The summed E-state index contributed by atoms with van der Waals surface area (Å²) in [6, 6.07) is 9.00. The normalized spacial score (nSPS) is 18.1. The van der Waals surface area contributed by atoms with E-state index in [4.69, 9.17) is 4.74 Å². The molecular formula is C22H35NO. The van der Waals surface area contributed by atoms with E-state index in [2.05, 4.69) is 50.0 Å². The van der Waals surface area contributed by atoms with E-state index in [1.165, 1.54) is 44.1 Å². The fourth-order valence-corrected chi connectivity index (χ4v) is 3.68. The van der Waals surface area contributed by atoms with Crippen molar-refractivity contribution in [2.45, 2.75) is 83.9 Å². The zero-order chi connectivity index (χ0) is 17.2. The van der Waals surface area contributed by atoms with Crippen molar-refractivity contribution >= 4 is 0 Å². The minimum Gasteiger partial charge on any atom is -0.490 e. The largest absolute Gasteiger partial charge is 0.490 e. The predicted octanol–water partition coefficient (Wildman–Crippen LogP) is 5.87. The Morgan fingerprint density at radius 2 is 1.96 bits per heavy atom. The molecule has 1 aliphatic rings. The fourth-order valence-electron chi connectivity index (χ4n) is 3.68. The van der Waals surface area contributed by atoms with Gasteiger partial charge in [-0.2, -0.15) is 0 Å². The van der Waals surface area contributed by atoms with Gasteiger partial charge in [0.2, 0.25) is 0 Å². The van der Waals surface area contributed by atoms with Crippen molar-refractivity contribution in [3.05, 3.63) is 42.5 Å². The molecule has 1 saturated carbocycles. The summed E-state index contributed by atoms with van der Waals surface area (Å²) in [6.45, 7) is 9.14. The first kappa shape index (κ1) is 19.1. The van der Waals surface area contributed by atoms with Crippen LogP contribution in [0.1, 0.15) is 70.8 Å². The Balaban J connectivity index is 1.81. The molecule has 1 aromatic carbocycles. The second-order valence-corrected chi connectivity index (χ2v) is 7.42. The second-order valence-electron chi connectivity index (χ2n) is 7.42. The van der Waals surface area contributed by atoms with Crippen molar-refractivity contribution in [1.82, 2.24) is 5.32 Å². The first-order valence-electron chi connectivity index (χ1n) is 9.78. The van der Waals surface area contributed by atoms with E-state index >= 15 is 0 Å². The highest BCUT2D eigenvalue weighted by Crippen LogP contribution is 2.27. The molecule has 0 radical (unpaired) electrons. The number of ether oxygens (including phenoxy) is 1. The van der Waals surface area contributed by atoms with E-state index in [1.54, 1.807) is 0 Å². The number of allylic oxidation sites excluding steroid dienone is 1. The Labute approximate surface area is 148 Å². The lowest BCUT2D eigenvalue weighted by Crippen LogP contribution is -2.29. The van der Waals surface area contributed by atoms with Crippen molar-refractivity contribution in [1.29, 1.82) is 0 Å². The molecule has 0 spiro atoms. The van der Waals surface area contributed by atoms with Crippen LogP contribution in [0.15, 0.2) is 36.9 Å². The summed E-state index contributed by atoms with van der Waals surface area (Å²) in [5, 5.41) is 3.71. The molecule has 134 valence electrons. The van der Waals surface area contributed by atoms with Gasteiger partial charge in [0.25, 0.3) is 0 Å². The van der Waals surface area contributed by atoms with Gasteiger partial charge in [-0.3, -0.25) is 0 Å². The van der Waals surface area contributed by atoms with Crippen molar-refractivity contribution in [3.8, 4) is 5.75 Å². The quantitative estimate of drug-likeness (QED) is 0.542. The van der Waals surface area contributed by atoms with Crippen LogP contribution in [0.5, 0.6) is 5.75 Å². The van der Waals surface area contributed by atoms with Crippen LogP contribution < -0.4 is 10.1 Å². The van der Waals surface area contributed by atoms with Gasteiger partial charge in [-0.25, -0.2) is 0 Å². The SMILES string of the molecule is C=CCCC(C)Oc1ccccc1CNC(C)CC1CCCCC1. The molecule has 2 rings (SSSR count). The van der Waals surface area contributed by atoms with Crippen LogP contribution >= 0.6 is 0 Å². The summed E-state index contributed by atoms with van der Waals surface area (Å²) < 4.78 is 6.14. The van der Waals surface area contributed by atoms with Gasteiger partial charge >= 0.3 is 0 Å². The molecule has 2 nitrogen and oxygen atoms in total. The lowest BCUT2D eigenvalue weighted by atomic mass is 9.85. The summed E-state index contributed by atoms with van der Waals surface area (Å²) in [6.07, 6.45) is 12.6.